The van der Waals surface area contributed by atoms with Gasteiger partial charge in [-0.2, -0.15) is 0 Å². The van der Waals surface area contributed by atoms with Gasteiger partial charge < -0.3 is 5.32 Å². The molecule has 21 heavy (non-hydrogen) atoms. The lowest BCUT2D eigenvalue weighted by Gasteiger charge is -2.43. The van der Waals surface area contributed by atoms with E-state index >= 15 is 0 Å². The molecule has 120 valence electrons. The molecule has 1 aliphatic heterocycles. The number of nitrogens with zero attached hydrogens (tertiary/aromatic N) is 1. The van der Waals surface area contributed by atoms with Crippen LogP contribution < -0.4 is 5.32 Å². The van der Waals surface area contributed by atoms with E-state index in [1.165, 1.54) is 19.3 Å². The van der Waals surface area contributed by atoms with Crippen LogP contribution in [0.2, 0.25) is 0 Å². The summed E-state index contributed by atoms with van der Waals surface area (Å²) in [6.45, 7) is 6.08. The molecule has 3 rings (SSSR count). The Bertz CT molecular complexity index is 446. The fraction of sp³-hybridized carbons (Fsp3) is 0.625. The molecule has 0 bridgehead atoms. The molecule has 0 aromatic heterocycles. The van der Waals surface area contributed by atoms with Crippen LogP contribution in [-0.2, 0) is 0 Å². The van der Waals surface area contributed by atoms with E-state index in [-0.39, 0.29) is 36.7 Å². The molecule has 2 aliphatic rings. The lowest BCUT2D eigenvalue weighted by molar-refractivity contribution is 0.0812. The predicted molar refractivity (Wildman–Crippen MR) is 90.2 cm³/mol. The van der Waals surface area contributed by atoms with Crippen molar-refractivity contribution >= 4 is 24.8 Å². The van der Waals surface area contributed by atoms with Crippen LogP contribution in [0.4, 0.5) is 4.39 Å². The molecular formula is C16H25Cl2FN2. The standard InChI is InChI=1S/C16H23FN2.2ClH/c1-12-5-6-14(15(17)11-12)16(13-3-2-4-13)19-9-7-18-8-10-19;;/h5-6,11,13,16,18H,2-4,7-10H2,1H3;2*1H/t16-;;/m0../s1. The fourth-order valence-electron chi connectivity index (χ4n) is 3.34. The van der Waals surface area contributed by atoms with Gasteiger partial charge in [0, 0.05) is 37.8 Å². The van der Waals surface area contributed by atoms with Gasteiger partial charge in [-0.1, -0.05) is 18.6 Å². The van der Waals surface area contributed by atoms with Gasteiger partial charge in [-0.25, -0.2) is 4.39 Å². The van der Waals surface area contributed by atoms with E-state index in [2.05, 4.69) is 10.2 Å². The zero-order valence-corrected chi connectivity index (χ0v) is 14.1. The summed E-state index contributed by atoms with van der Waals surface area (Å²) >= 11 is 0. The molecule has 0 spiro atoms. The maximum absolute atomic E-state index is 14.3. The van der Waals surface area contributed by atoms with Gasteiger partial charge in [-0.3, -0.25) is 4.90 Å². The highest BCUT2D eigenvalue weighted by Crippen LogP contribution is 2.42. The number of hydrogen-bond donors (Lipinski definition) is 1. The van der Waals surface area contributed by atoms with Gasteiger partial charge in [0.2, 0.25) is 0 Å². The van der Waals surface area contributed by atoms with Crippen LogP contribution in [0.1, 0.15) is 36.4 Å². The van der Waals surface area contributed by atoms with Crippen LogP contribution >= 0.6 is 24.8 Å². The zero-order valence-electron chi connectivity index (χ0n) is 12.5. The normalized spacial score (nSPS) is 20.9. The second-order valence-electron chi connectivity index (χ2n) is 5.95. The minimum absolute atomic E-state index is 0. The van der Waals surface area contributed by atoms with E-state index in [4.69, 9.17) is 0 Å². The summed E-state index contributed by atoms with van der Waals surface area (Å²) in [6.07, 6.45) is 3.81. The van der Waals surface area contributed by atoms with Crippen molar-refractivity contribution < 1.29 is 4.39 Å². The van der Waals surface area contributed by atoms with Gasteiger partial charge in [-0.15, -0.1) is 24.8 Å². The Kier molecular flexibility index (Phi) is 7.41. The maximum Gasteiger partial charge on any atom is 0.128 e. The third kappa shape index (κ3) is 4.10. The van der Waals surface area contributed by atoms with E-state index in [1.807, 2.05) is 19.1 Å². The molecular weight excluding hydrogens is 310 g/mol. The summed E-state index contributed by atoms with van der Waals surface area (Å²) in [7, 11) is 0. The number of benzene rings is 1. The van der Waals surface area contributed by atoms with Gasteiger partial charge in [-0.05, 0) is 37.3 Å². The Morgan fingerprint density at radius 1 is 1.19 bits per heavy atom. The average molecular weight is 335 g/mol. The number of halogens is 3. The summed E-state index contributed by atoms with van der Waals surface area (Å²) in [6, 6.07) is 6.03. The van der Waals surface area contributed by atoms with Crippen molar-refractivity contribution in [2.45, 2.75) is 32.2 Å². The highest BCUT2D eigenvalue weighted by Gasteiger charge is 2.34. The van der Waals surface area contributed by atoms with Crippen LogP contribution in [0.3, 0.4) is 0 Å². The SMILES string of the molecule is Cc1ccc([C@H](C2CCC2)N2CCNCC2)c(F)c1.Cl.Cl. The summed E-state index contributed by atoms with van der Waals surface area (Å²) in [5.41, 5.74) is 1.92. The molecule has 1 aromatic rings. The van der Waals surface area contributed by atoms with E-state index in [9.17, 15) is 4.39 Å². The van der Waals surface area contributed by atoms with Gasteiger partial charge >= 0.3 is 0 Å². The predicted octanol–water partition coefficient (Wildman–Crippen LogP) is 3.72. The Morgan fingerprint density at radius 2 is 1.86 bits per heavy atom. The molecule has 1 aliphatic carbocycles. The van der Waals surface area contributed by atoms with Crippen molar-refractivity contribution in [2.24, 2.45) is 5.92 Å². The van der Waals surface area contributed by atoms with Crippen molar-refractivity contribution in [1.29, 1.82) is 0 Å². The Labute approximate surface area is 139 Å². The van der Waals surface area contributed by atoms with Crippen LogP contribution in [-0.4, -0.2) is 31.1 Å². The van der Waals surface area contributed by atoms with Crippen molar-refractivity contribution in [3.63, 3.8) is 0 Å². The summed E-state index contributed by atoms with van der Waals surface area (Å²) in [5, 5.41) is 3.38. The highest BCUT2D eigenvalue weighted by atomic mass is 35.5. The van der Waals surface area contributed by atoms with Crippen molar-refractivity contribution in [2.75, 3.05) is 26.2 Å². The Morgan fingerprint density at radius 3 is 2.38 bits per heavy atom. The number of aryl methyl sites for hydroxylation is 1. The number of rotatable bonds is 3. The summed E-state index contributed by atoms with van der Waals surface area (Å²) < 4.78 is 14.3. The molecule has 0 amide bonds. The third-order valence-electron chi connectivity index (χ3n) is 4.62. The summed E-state index contributed by atoms with van der Waals surface area (Å²) in [4.78, 5) is 2.48. The smallest absolute Gasteiger partial charge is 0.128 e. The van der Waals surface area contributed by atoms with Crippen LogP contribution in [0.25, 0.3) is 0 Å². The van der Waals surface area contributed by atoms with Crippen LogP contribution in [0.5, 0.6) is 0 Å². The molecule has 1 saturated carbocycles. The van der Waals surface area contributed by atoms with E-state index < -0.39 is 0 Å². The van der Waals surface area contributed by atoms with Crippen LogP contribution in [0, 0.1) is 18.7 Å². The lowest BCUT2D eigenvalue weighted by atomic mass is 9.76. The number of piperazine rings is 1. The number of hydrogen-bond acceptors (Lipinski definition) is 2. The van der Waals surface area contributed by atoms with E-state index in [0.717, 1.165) is 37.3 Å². The van der Waals surface area contributed by atoms with Crippen molar-refractivity contribution in [1.82, 2.24) is 10.2 Å². The average Bonchev–Trinajstić information content (AvgIpc) is 2.35. The lowest BCUT2D eigenvalue weighted by Crippen LogP contribution is -2.48. The highest BCUT2D eigenvalue weighted by molar-refractivity contribution is 5.85. The van der Waals surface area contributed by atoms with E-state index in [1.54, 1.807) is 6.07 Å². The monoisotopic (exact) mass is 334 g/mol. The molecule has 1 atom stereocenters. The van der Waals surface area contributed by atoms with Crippen molar-refractivity contribution in [3.8, 4) is 0 Å². The molecule has 5 heteroatoms. The van der Waals surface area contributed by atoms with Gasteiger partial charge in [0.1, 0.15) is 5.82 Å². The second-order valence-corrected chi connectivity index (χ2v) is 5.95. The first-order valence-corrected chi connectivity index (χ1v) is 7.46. The molecule has 1 aromatic carbocycles. The molecule has 2 nitrogen and oxygen atoms in total. The van der Waals surface area contributed by atoms with Gasteiger partial charge in [0.25, 0.3) is 0 Å². The summed E-state index contributed by atoms with van der Waals surface area (Å²) in [5.74, 6) is 0.630. The van der Waals surface area contributed by atoms with Crippen molar-refractivity contribution in [3.05, 3.63) is 35.1 Å². The zero-order chi connectivity index (χ0) is 13.2. The quantitative estimate of drug-likeness (QED) is 0.906. The van der Waals surface area contributed by atoms with Gasteiger partial charge in [0.15, 0.2) is 0 Å². The first kappa shape index (κ1) is 18.7. The molecule has 0 radical (unpaired) electrons. The fourth-order valence-corrected chi connectivity index (χ4v) is 3.34. The molecule has 1 N–H and O–H groups in total. The first-order chi connectivity index (χ1) is 9.25. The van der Waals surface area contributed by atoms with Crippen LogP contribution in [0.15, 0.2) is 18.2 Å². The topological polar surface area (TPSA) is 15.3 Å². The number of nitrogens with one attached hydrogen (secondary N) is 1. The Hall–Kier alpha value is -0.350. The minimum Gasteiger partial charge on any atom is -0.314 e. The maximum atomic E-state index is 14.3. The Balaban J connectivity index is 0.00000110. The first-order valence-electron chi connectivity index (χ1n) is 7.46. The molecule has 0 unspecified atom stereocenters. The van der Waals surface area contributed by atoms with E-state index in [0.29, 0.717) is 5.92 Å². The second kappa shape index (κ2) is 8.33. The van der Waals surface area contributed by atoms with Gasteiger partial charge in [0.05, 0.1) is 0 Å². The molecule has 1 saturated heterocycles. The third-order valence-corrected chi connectivity index (χ3v) is 4.62. The minimum atomic E-state index is -0.0181. The molecule has 1 heterocycles. The largest absolute Gasteiger partial charge is 0.314 e. The molecule has 2 fully saturated rings.